The van der Waals surface area contributed by atoms with Crippen molar-refractivity contribution in [3.8, 4) is 0 Å². The van der Waals surface area contributed by atoms with Crippen LogP contribution in [0.5, 0.6) is 0 Å². The summed E-state index contributed by atoms with van der Waals surface area (Å²) in [5.74, 6) is 0.260. The quantitative estimate of drug-likeness (QED) is 0.621. The molecule has 1 heterocycles. The Balaban J connectivity index is 3.07. The number of carbonyl (C=O) groups is 1. The highest BCUT2D eigenvalue weighted by atomic mass is 35.5. The van der Waals surface area contributed by atoms with Crippen LogP contribution in [0.4, 0.5) is 0 Å². The van der Waals surface area contributed by atoms with Crippen molar-refractivity contribution in [2.24, 2.45) is 0 Å². The molecule has 0 radical (unpaired) electrons. The van der Waals surface area contributed by atoms with Crippen LogP contribution in [0.1, 0.15) is 31.2 Å². The van der Waals surface area contributed by atoms with Crippen molar-refractivity contribution in [1.29, 1.82) is 0 Å². The Morgan fingerprint density at radius 2 is 1.81 bits per heavy atom. The fourth-order valence-corrected chi connectivity index (χ4v) is 1.60. The van der Waals surface area contributed by atoms with Gasteiger partial charge in [-0.05, 0) is 0 Å². The molecule has 0 saturated heterocycles. The maximum absolute atomic E-state index is 11.1. The molecule has 0 bridgehead atoms. The number of hydrogen-bond acceptors (Lipinski definition) is 4. The third kappa shape index (κ3) is 3.06. The number of aromatic nitrogens is 2. The Kier molecular flexibility index (Phi) is 4.50. The van der Waals surface area contributed by atoms with E-state index in [0.29, 0.717) is 11.4 Å². The van der Waals surface area contributed by atoms with Crippen LogP contribution in [-0.4, -0.2) is 23.0 Å². The van der Waals surface area contributed by atoms with E-state index in [4.69, 9.17) is 23.2 Å². The molecular formula is C10H12Cl2N2O2. The molecule has 0 unspecified atom stereocenters. The van der Waals surface area contributed by atoms with E-state index in [1.807, 2.05) is 13.8 Å². The smallest absolute Gasteiger partial charge is 0.310 e. The van der Waals surface area contributed by atoms with E-state index >= 15 is 0 Å². The van der Waals surface area contributed by atoms with Crippen LogP contribution in [0, 0.1) is 0 Å². The lowest BCUT2D eigenvalue weighted by atomic mass is 10.2. The van der Waals surface area contributed by atoms with Crippen molar-refractivity contribution < 1.29 is 9.53 Å². The molecule has 0 atom stereocenters. The van der Waals surface area contributed by atoms with Crippen molar-refractivity contribution in [3.05, 3.63) is 21.7 Å². The van der Waals surface area contributed by atoms with E-state index in [1.54, 1.807) is 0 Å². The van der Waals surface area contributed by atoms with E-state index in [1.165, 1.54) is 7.11 Å². The van der Waals surface area contributed by atoms with Gasteiger partial charge in [0, 0.05) is 11.5 Å². The molecule has 0 aliphatic carbocycles. The van der Waals surface area contributed by atoms with Gasteiger partial charge in [0.15, 0.2) is 0 Å². The second-order valence-corrected chi connectivity index (χ2v) is 4.27. The average Bonchev–Trinajstić information content (AvgIpc) is 2.22. The third-order valence-electron chi connectivity index (χ3n) is 1.99. The molecule has 0 N–H and O–H groups in total. The molecule has 0 aliphatic rings. The first kappa shape index (κ1) is 13.2. The first-order valence-electron chi connectivity index (χ1n) is 4.74. The molecule has 4 nitrogen and oxygen atoms in total. The molecule has 88 valence electrons. The van der Waals surface area contributed by atoms with Crippen molar-refractivity contribution in [1.82, 2.24) is 9.97 Å². The first-order chi connectivity index (χ1) is 7.45. The van der Waals surface area contributed by atoms with Gasteiger partial charge in [0.25, 0.3) is 0 Å². The Morgan fingerprint density at radius 3 is 2.19 bits per heavy atom. The topological polar surface area (TPSA) is 52.1 Å². The summed E-state index contributed by atoms with van der Waals surface area (Å²) >= 11 is 11.9. The molecule has 0 saturated carbocycles. The second-order valence-electron chi connectivity index (χ2n) is 3.55. The Morgan fingerprint density at radius 1 is 1.31 bits per heavy atom. The number of ether oxygens (including phenoxy) is 1. The molecule has 1 aromatic heterocycles. The highest BCUT2D eigenvalue weighted by Crippen LogP contribution is 2.24. The Hall–Kier alpha value is -0.870. The van der Waals surface area contributed by atoms with E-state index in [0.717, 1.165) is 0 Å². The zero-order valence-electron chi connectivity index (χ0n) is 9.25. The highest BCUT2D eigenvalue weighted by molar-refractivity contribution is 6.34. The molecule has 0 amide bonds. The van der Waals surface area contributed by atoms with Crippen LogP contribution in [0.25, 0.3) is 0 Å². The van der Waals surface area contributed by atoms with Crippen LogP contribution >= 0.6 is 23.2 Å². The summed E-state index contributed by atoms with van der Waals surface area (Å²) in [5.41, 5.74) is 0.402. The molecule has 0 aromatic carbocycles. The van der Waals surface area contributed by atoms with Gasteiger partial charge in [-0.3, -0.25) is 4.79 Å². The van der Waals surface area contributed by atoms with Gasteiger partial charge < -0.3 is 4.74 Å². The molecule has 1 aromatic rings. The Labute approximate surface area is 104 Å². The van der Waals surface area contributed by atoms with E-state index in [9.17, 15) is 4.79 Å². The number of carbonyl (C=O) groups excluding carboxylic acids is 1. The Bertz CT molecular complexity index is 385. The monoisotopic (exact) mass is 262 g/mol. The summed E-state index contributed by atoms with van der Waals surface area (Å²) in [7, 11) is 1.30. The van der Waals surface area contributed by atoms with Crippen molar-refractivity contribution in [2.45, 2.75) is 26.2 Å². The van der Waals surface area contributed by atoms with Crippen LogP contribution in [0.15, 0.2) is 0 Å². The predicted octanol–water partition coefficient (Wildman–Crippen LogP) is 2.62. The average molecular weight is 263 g/mol. The lowest BCUT2D eigenvalue weighted by Gasteiger charge is -2.09. The summed E-state index contributed by atoms with van der Waals surface area (Å²) in [6.45, 7) is 3.87. The number of esters is 1. The van der Waals surface area contributed by atoms with Gasteiger partial charge >= 0.3 is 5.97 Å². The third-order valence-corrected chi connectivity index (χ3v) is 2.61. The van der Waals surface area contributed by atoms with E-state index in [-0.39, 0.29) is 22.6 Å². The number of nitrogens with zero attached hydrogens (tertiary/aromatic N) is 2. The molecule has 16 heavy (non-hydrogen) atoms. The maximum atomic E-state index is 11.1. The number of halogens is 2. The summed E-state index contributed by atoms with van der Waals surface area (Å²) in [6.07, 6.45) is -0.0213. The fraction of sp³-hybridized carbons (Fsp3) is 0.500. The molecule has 0 fully saturated rings. The second kappa shape index (κ2) is 5.46. The van der Waals surface area contributed by atoms with Crippen LogP contribution in [0.2, 0.25) is 10.3 Å². The minimum Gasteiger partial charge on any atom is -0.469 e. The van der Waals surface area contributed by atoms with Gasteiger partial charge in [0.1, 0.15) is 16.1 Å². The predicted molar refractivity (Wildman–Crippen MR) is 61.9 cm³/mol. The molecular weight excluding hydrogens is 251 g/mol. The summed E-state index contributed by atoms with van der Waals surface area (Å²) in [4.78, 5) is 19.3. The highest BCUT2D eigenvalue weighted by Gasteiger charge is 2.16. The molecule has 0 aliphatic heterocycles. The standard InChI is InChI=1S/C10H12Cl2N2O2/c1-5(2)10-13-8(11)6(9(12)14-10)4-7(15)16-3/h5H,4H2,1-3H3. The lowest BCUT2D eigenvalue weighted by molar-refractivity contribution is -0.139. The lowest BCUT2D eigenvalue weighted by Crippen LogP contribution is -2.09. The largest absolute Gasteiger partial charge is 0.469 e. The van der Waals surface area contributed by atoms with Crippen LogP contribution in [0.3, 0.4) is 0 Å². The van der Waals surface area contributed by atoms with Crippen molar-refractivity contribution in [2.75, 3.05) is 7.11 Å². The van der Waals surface area contributed by atoms with Gasteiger partial charge in [-0.15, -0.1) is 0 Å². The van der Waals surface area contributed by atoms with Gasteiger partial charge in [-0.25, -0.2) is 9.97 Å². The van der Waals surface area contributed by atoms with Gasteiger partial charge in [0.2, 0.25) is 0 Å². The zero-order chi connectivity index (χ0) is 12.3. The van der Waals surface area contributed by atoms with Crippen molar-refractivity contribution >= 4 is 29.2 Å². The molecule has 1 rings (SSSR count). The number of rotatable bonds is 3. The van der Waals surface area contributed by atoms with Gasteiger partial charge in [0.05, 0.1) is 13.5 Å². The fourth-order valence-electron chi connectivity index (χ4n) is 1.07. The molecule has 6 heteroatoms. The minimum atomic E-state index is -0.426. The minimum absolute atomic E-state index is 0.0213. The summed E-state index contributed by atoms with van der Waals surface area (Å²) in [5, 5.41) is 0.406. The molecule has 0 spiro atoms. The van der Waals surface area contributed by atoms with Gasteiger partial charge in [-0.2, -0.15) is 0 Å². The first-order valence-corrected chi connectivity index (χ1v) is 5.50. The normalized spacial score (nSPS) is 10.6. The van der Waals surface area contributed by atoms with E-state index in [2.05, 4.69) is 14.7 Å². The number of methoxy groups -OCH3 is 1. The SMILES string of the molecule is COC(=O)Cc1c(Cl)nc(C(C)C)nc1Cl. The van der Waals surface area contributed by atoms with Gasteiger partial charge in [-0.1, -0.05) is 37.0 Å². The summed E-state index contributed by atoms with van der Waals surface area (Å²) < 4.78 is 4.53. The zero-order valence-corrected chi connectivity index (χ0v) is 10.8. The van der Waals surface area contributed by atoms with Crippen LogP contribution < -0.4 is 0 Å². The summed E-state index contributed by atoms with van der Waals surface area (Å²) in [6, 6.07) is 0. The maximum Gasteiger partial charge on any atom is 0.310 e. The van der Waals surface area contributed by atoms with Crippen LogP contribution in [-0.2, 0) is 16.0 Å². The number of hydrogen-bond donors (Lipinski definition) is 0. The van der Waals surface area contributed by atoms with Crippen molar-refractivity contribution in [3.63, 3.8) is 0 Å². The van der Waals surface area contributed by atoms with E-state index < -0.39 is 5.97 Å².